The monoisotopic (exact) mass is 220 g/mol. The number of hydrogen-bond donors (Lipinski definition) is 0. The molecular formula is C14H22NO+. The summed E-state index contributed by atoms with van der Waals surface area (Å²) < 4.78 is 6.29. The van der Waals surface area contributed by atoms with Gasteiger partial charge in [-0.25, -0.2) is 0 Å². The molecule has 88 valence electrons. The summed E-state index contributed by atoms with van der Waals surface area (Å²) in [6.07, 6.45) is 1.24. The van der Waals surface area contributed by atoms with Crippen LogP contribution in [0.5, 0.6) is 5.75 Å². The molecule has 1 aliphatic heterocycles. The fourth-order valence-corrected chi connectivity index (χ4v) is 2.72. The van der Waals surface area contributed by atoms with E-state index in [-0.39, 0.29) is 0 Å². The van der Waals surface area contributed by atoms with E-state index >= 15 is 0 Å². The Bertz CT molecular complexity index is 398. The molecule has 0 saturated heterocycles. The Morgan fingerprint density at radius 2 is 1.94 bits per heavy atom. The summed E-state index contributed by atoms with van der Waals surface area (Å²) in [7, 11) is 6.32. The van der Waals surface area contributed by atoms with Gasteiger partial charge in [-0.05, 0) is 25.0 Å². The predicted molar refractivity (Wildman–Crippen MR) is 69.1 cm³/mol. The van der Waals surface area contributed by atoms with Crippen molar-refractivity contribution in [2.75, 3.05) is 21.2 Å². The van der Waals surface area contributed by atoms with E-state index < -0.39 is 0 Å². The molecule has 0 fully saturated rings. The Labute approximate surface area is 98.4 Å². The number of nitrogens with zero attached hydrogens (tertiary/aromatic N) is 1. The number of quaternary nitrogens is 1. The zero-order valence-corrected chi connectivity index (χ0v) is 10.9. The molecule has 2 atom stereocenters. The second-order valence-corrected chi connectivity index (χ2v) is 5.45. The van der Waals surface area contributed by atoms with Crippen LogP contribution in [0.4, 0.5) is 5.69 Å². The Morgan fingerprint density at radius 1 is 1.25 bits per heavy atom. The van der Waals surface area contributed by atoms with Crippen LogP contribution >= 0.6 is 0 Å². The normalized spacial score (nSPS) is 27.3. The third kappa shape index (κ3) is 1.61. The number of hydrogen-bond acceptors (Lipinski definition) is 1. The smallest absolute Gasteiger partial charge is 0.136 e. The van der Waals surface area contributed by atoms with Gasteiger partial charge in [0, 0.05) is 18.1 Å². The molecule has 1 aromatic rings. The molecule has 1 aromatic carbocycles. The van der Waals surface area contributed by atoms with Crippen molar-refractivity contribution in [3.05, 3.63) is 23.8 Å². The Morgan fingerprint density at radius 3 is 2.56 bits per heavy atom. The molecule has 0 spiro atoms. The van der Waals surface area contributed by atoms with Crippen molar-refractivity contribution in [2.24, 2.45) is 0 Å². The highest BCUT2D eigenvalue weighted by molar-refractivity contribution is 5.56. The summed E-state index contributed by atoms with van der Waals surface area (Å²) in [5.74, 6) is 1.60. The molecule has 2 nitrogen and oxygen atoms in total. The van der Waals surface area contributed by atoms with Crippen LogP contribution in [-0.2, 0) is 0 Å². The van der Waals surface area contributed by atoms with Crippen LogP contribution < -0.4 is 9.22 Å². The average Bonchev–Trinajstić information content (AvgIpc) is 2.26. The first kappa shape index (κ1) is 11.5. The van der Waals surface area contributed by atoms with Gasteiger partial charge in [0.1, 0.15) is 11.4 Å². The second-order valence-electron chi connectivity index (χ2n) is 5.45. The van der Waals surface area contributed by atoms with Crippen molar-refractivity contribution in [3.8, 4) is 5.75 Å². The van der Waals surface area contributed by atoms with Crippen molar-refractivity contribution in [2.45, 2.75) is 32.2 Å². The van der Waals surface area contributed by atoms with Crippen LogP contribution in [0, 0.1) is 0 Å². The van der Waals surface area contributed by atoms with Crippen molar-refractivity contribution < 1.29 is 4.74 Å². The largest absolute Gasteiger partial charge is 0.497 e. The quantitative estimate of drug-likeness (QED) is 0.661. The molecule has 0 bridgehead atoms. The number of rotatable bonds is 1. The highest BCUT2D eigenvalue weighted by atomic mass is 16.5. The molecule has 0 aromatic heterocycles. The molecule has 0 aliphatic carbocycles. The van der Waals surface area contributed by atoms with Gasteiger partial charge >= 0.3 is 0 Å². The van der Waals surface area contributed by atoms with Crippen LogP contribution in [0.25, 0.3) is 0 Å². The van der Waals surface area contributed by atoms with Gasteiger partial charge < -0.3 is 4.74 Å². The van der Waals surface area contributed by atoms with E-state index in [0.29, 0.717) is 12.0 Å². The van der Waals surface area contributed by atoms with E-state index in [2.05, 4.69) is 46.1 Å². The summed E-state index contributed by atoms with van der Waals surface area (Å²) in [4.78, 5) is 0. The van der Waals surface area contributed by atoms with Gasteiger partial charge in [0.25, 0.3) is 0 Å². The number of ether oxygens (including phenoxy) is 1. The highest BCUT2D eigenvalue weighted by Crippen LogP contribution is 2.42. The van der Waals surface area contributed by atoms with Gasteiger partial charge in [-0.1, -0.05) is 6.92 Å². The van der Waals surface area contributed by atoms with Gasteiger partial charge in [-0.3, -0.25) is 4.48 Å². The molecule has 1 aliphatic rings. The molecular weight excluding hydrogens is 198 g/mol. The molecule has 16 heavy (non-hydrogen) atoms. The van der Waals surface area contributed by atoms with Crippen LogP contribution in [0.2, 0.25) is 0 Å². The molecule has 0 saturated carbocycles. The lowest BCUT2D eigenvalue weighted by Gasteiger charge is -2.42. The van der Waals surface area contributed by atoms with Gasteiger partial charge in [-0.15, -0.1) is 0 Å². The first-order valence-electron chi connectivity index (χ1n) is 5.99. The molecule has 2 heteroatoms. The third-order valence-electron chi connectivity index (χ3n) is 4.18. The van der Waals surface area contributed by atoms with Gasteiger partial charge in [0.2, 0.25) is 0 Å². The maximum Gasteiger partial charge on any atom is 0.136 e. The number of methoxy groups -OCH3 is 1. The second kappa shape index (κ2) is 3.77. The van der Waals surface area contributed by atoms with Crippen molar-refractivity contribution in [3.63, 3.8) is 0 Å². The molecule has 0 unspecified atom stereocenters. The lowest BCUT2D eigenvalue weighted by molar-refractivity contribution is 0.261. The number of benzene rings is 1. The zero-order valence-electron chi connectivity index (χ0n) is 10.9. The molecule has 2 rings (SSSR count). The lowest BCUT2D eigenvalue weighted by Crippen LogP contribution is -2.51. The maximum atomic E-state index is 5.32. The summed E-state index contributed by atoms with van der Waals surface area (Å²) in [6, 6.07) is 7.17. The minimum absolute atomic E-state index is 0.631. The topological polar surface area (TPSA) is 9.23 Å². The standard InChI is InChI=1S/C14H22NO/c1-10-8-11(2)15(3,4)14-7-6-12(16-5)9-13(10)14/h6-7,9-11H,8H2,1-5H3/q+1/t10-,11-/m1/s1. The van der Waals surface area contributed by atoms with E-state index in [1.54, 1.807) is 7.11 Å². The average molecular weight is 220 g/mol. The van der Waals surface area contributed by atoms with E-state index in [4.69, 9.17) is 4.74 Å². The molecule has 0 radical (unpaired) electrons. The summed E-state index contributed by atoms with van der Waals surface area (Å²) in [6.45, 7) is 4.65. The summed E-state index contributed by atoms with van der Waals surface area (Å²) >= 11 is 0. The Balaban J connectivity index is 2.55. The minimum atomic E-state index is 0.631. The summed E-state index contributed by atoms with van der Waals surface area (Å²) in [5, 5.41) is 0. The van der Waals surface area contributed by atoms with Crippen LogP contribution in [0.1, 0.15) is 31.7 Å². The van der Waals surface area contributed by atoms with Crippen molar-refractivity contribution in [1.82, 2.24) is 4.48 Å². The van der Waals surface area contributed by atoms with Gasteiger partial charge in [0.05, 0.1) is 27.2 Å². The van der Waals surface area contributed by atoms with Crippen LogP contribution in [0.15, 0.2) is 18.2 Å². The fraction of sp³-hybridized carbons (Fsp3) is 0.571. The van der Waals surface area contributed by atoms with Crippen molar-refractivity contribution in [1.29, 1.82) is 0 Å². The van der Waals surface area contributed by atoms with Gasteiger partial charge in [-0.2, -0.15) is 0 Å². The molecule has 0 N–H and O–H groups in total. The van der Waals surface area contributed by atoms with Crippen molar-refractivity contribution >= 4 is 5.69 Å². The van der Waals surface area contributed by atoms with Gasteiger partial charge in [0.15, 0.2) is 0 Å². The fourth-order valence-electron chi connectivity index (χ4n) is 2.72. The Kier molecular flexibility index (Phi) is 2.70. The van der Waals surface area contributed by atoms with E-state index in [1.165, 1.54) is 17.7 Å². The third-order valence-corrected chi connectivity index (χ3v) is 4.18. The minimum Gasteiger partial charge on any atom is -0.497 e. The highest BCUT2D eigenvalue weighted by Gasteiger charge is 2.37. The first-order valence-corrected chi connectivity index (χ1v) is 5.99. The predicted octanol–water partition coefficient (Wildman–Crippen LogP) is 3.16. The van der Waals surface area contributed by atoms with E-state index in [1.807, 2.05) is 0 Å². The Hall–Kier alpha value is -1.02. The van der Waals surface area contributed by atoms with Crippen LogP contribution in [0.3, 0.4) is 0 Å². The number of fused-ring (bicyclic) bond motifs is 1. The summed E-state index contributed by atoms with van der Waals surface area (Å²) in [5.41, 5.74) is 2.88. The molecule has 1 heterocycles. The SMILES string of the molecule is COc1ccc2c(c1)[C@H](C)C[C@@H](C)[N+]2(C)C. The van der Waals surface area contributed by atoms with E-state index in [9.17, 15) is 0 Å². The maximum absolute atomic E-state index is 5.32. The zero-order chi connectivity index (χ0) is 11.9. The van der Waals surface area contributed by atoms with E-state index in [0.717, 1.165) is 10.2 Å². The lowest BCUT2D eigenvalue weighted by atomic mass is 9.86. The van der Waals surface area contributed by atoms with Crippen LogP contribution in [-0.4, -0.2) is 27.2 Å². The molecule has 0 amide bonds. The first-order chi connectivity index (χ1) is 7.46.